The number of benzene rings is 2. The molecule has 1 aliphatic heterocycles. The highest BCUT2D eigenvalue weighted by Gasteiger charge is 2.27. The fraction of sp³-hybridized carbons (Fsp3) is 0.235. The van der Waals surface area contributed by atoms with E-state index >= 15 is 0 Å². The Morgan fingerprint density at radius 2 is 1.95 bits per heavy atom. The van der Waals surface area contributed by atoms with Crippen LogP contribution in [0.15, 0.2) is 53.4 Å². The molecular formula is C17H18N2OS. The van der Waals surface area contributed by atoms with Crippen molar-refractivity contribution in [2.45, 2.75) is 23.0 Å². The monoisotopic (exact) mass is 298 g/mol. The number of nitrogens with two attached hydrogens (primary N) is 1. The van der Waals surface area contributed by atoms with Crippen LogP contribution in [0, 0.1) is 0 Å². The number of hydrogen-bond donors (Lipinski definition) is 2. The predicted octanol–water partition coefficient (Wildman–Crippen LogP) is 2.64. The predicted molar refractivity (Wildman–Crippen MR) is 87.4 cm³/mol. The Morgan fingerprint density at radius 1 is 1.19 bits per heavy atom. The van der Waals surface area contributed by atoms with Gasteiger partial charge in [0.15, 0.2) is 0 Å². The van der Waals surface area contributed by atoms with Gasteiger partial charge in [-0.05, 0) is 42.2 Å². The van der Waals surface area contributed by atoms with Crippen molar-refractivity contribution in [1.82, 2.24) is 5.32 Å². The Labute approximate surface area is 128 Å². The molecule has 1 amide bonds. The lowest BCUT2D eigenvalue weighted by Gasteiger charge is -2.10. The van der Waals surface area contributed by atoms with Gasteiger partial charge in [-0.1, -0.05) is 30.3 Å². The molecule has 0 saturated heterocycles. The molecule has 3 nitrogen and oxygen atoms in total. The van der Waals surface area contributed by atoms with Gasteiger partial charge < -0.3 is 11.1 Å². The minimum Gasteiger partial charge on any atom is -0.399 e. The maximum absolute atomic E-state index is 12.2. The van der Waals surface area contributed by atoms with E-state index < -0.39 is 0 Å². The van der Waals surface area contributed by atoms with E-state index in [1.807, 2.05) is 36.4 Å². The van der Waals surface area contributed by atoms with Crippen LogP contribution >= 0.6 is 11.8 Å². The molecule has 1 heterocycles. The van der Waals surface area contributed by atoms with Crippen LogP contribution in [0.2, 0.25) is 0 Å². The number of rotatable bonds is 4. The number of anilines is 1. The second-order valence-electron chi connectivity index (χ2n) is 5.20. The third-order valence-corrected chi connectivity index (χ3v) is 4.95. The lowest BCUT2D eigenvalue weighted by molar-refractivity contribution is -0.120. The highest BCUT2D eigenvalue weighted by molar-refractivity contribution is 8.01. The fourth-order valence-corrected chi connectivity index (χ4v) is 3.68. The summed E-state index contributed by atoms with van der Waals surface area (Å²) in [6.45, 7) is 0.663. The molecule has 0 aromatic heterocycles. The van der Waals surface area contributed by atoms with Crippen LogP contribution in [-0.2, 0) is 17.6 Å². The maximum Gasteiger partial charge on any atom is 0.233 e. The number of carbonyl (C=O) groups is 1. The molecule has 2 aromatic carbocycles. The molecule has 0 fully saturated rings. The summed E-state index contributed by atoms with van der Waals surface area (Å²) in [6.07, 6.45) is 1.66. The topological polar surface area (TPSA) is 55.1 Å². The van der Waals surface area contributed by atoms with Crippen LogP contribution in [0.25, 0.3) is 0 Å². The van der Waals surface area contributed by atoms with Crippen LogP contribution in [0.1, 0.15) is 11.1 Å². The third-order valence-electron chi connectivity index (χ3n) is 3.63. The van der Waals surface area contributed by atoms with Crippen molar-refractivity contribution < 1.29 is 4.79 Å². The van der Waals surface area contributed by atoms with Crippen molar-refractivity contribution >= 4 is 23.4 Å². The summed E-state index contributed by atoms with van der Waals surface area (Å²) < 4.78 is 0. The summed E-state index contributed by atoms with van der Waals surface area (Å²) in [5.41, 5.74) is 8.89. The number of carbonyl (C=O) groups excluding carboxylic acids is 1. The van der Waals surface area contributed by atoms with E-state index in [1.54, 1.807) is 11.8 Å². The molecule has 1 aliphatic rings. The third kappa shape index (κ3) is 3.39. The molecule has 0 bridgehead atoms. The largest absolute Gasteiger partial charge is 0.399 e. The highest BCUT2D eigenvalue weighted by atomic mass is 32.2. The molecule has 0 aliphatic carbocycles. The summed E-state index contributed by atoms with van der Waals surface area (Å²) in [6, 6.07) is 16.0. The smallest absolute Gasteiger partial charge is 0.233 e. The molecule has 3 N–H and O–H groups in total. The van der Waals surface area contributed by atoms with E-state index in [2.05, 4.69) is 17.4 Å². The lowest BCUT2D eigenvalue weighted by Crippen LogP contribution is -2.33. The first-order valence-electron chi connectivity index (χ1n) is 7.09. The first kappa shape index (κ1) is 14.0. The summed E-state index contributed by atoms with van der Waals surface area (Å²) >= 11 is 1.66. The Kier molecular flexibility index (Phi) is 4.15. The molecule has 1 unspecified atom stereocenters. The van der Waals surface area contributed by atoms with Crippen LogP contribution in [0.5, 0.6) is 0 Å². The average molecular weight is 298 g/mol. The molecule has 108 valence electrons. The summed E-state index contributed by atoms with van der Waals surface area (Å²) in [7, 11) is 0. The molecule has 21 heavy (non-hydrogen) atoms. The van der Waals surface area contributed by atoms with Crippen molar-refractivity contribution in [3.05, 3.63) is 59.7 Å². The maximum atomic E-state index is 12.2. The van der Waals surface area contributed by atoms with E-state index in [4.69, 9.17) is 5.73 Å². The SMILES string of the molecule is Nc1ccc(CCNC(=O)C2Cc3ccccc3S2)cc1. The van der Waals surface area contributed by atoms with Crippen LogP contribution < -0.4 is 11.1 Å². The number of thioether (sulfide) groups is 1. The number of nitrogens with one attached hydrogen (secondary N) is 1. The second-order valence-corrected chi connectivity index (χ2v) is 6.45. The molecule has 4 heteroatoms. The van der Waals surface area contributed by atoms with Crippen molar-refractivity contribution in [2.75, 3.05) is 12.3 Å². The zero-order valence-corrected chi connectivity index (χ0v) is 12.5. The fourth-order valence-electron chi connectivity index (χ4n) is 2.46. The lowest BCUT2D eigenvalue weighted by atomic mass is 10.1. The minimum absolute atomic E-state index is 0.00816. The number of nitrogen functional groups attached to an aromatic ring is 1. The normalized spacial score (nSPS) is 16.5. The summed E-state index contributed by atoms with van der Waals surface area (Å²) in [5.74, 6) is 0.131. The molecule has 0 saturated carbocycles. The van der Waals surface area contributed by atoms with Gasteiger partial charge in [0.2, 0.25) is 5.91 Å². The van der Waals surface area contributed by atoms with Gasteiger partial charge in [0.25, 0.3) is 0 Å². The molecule has 3 rings (SSSR count). The molecule has 1 atom stereocenters. The number of fused-ring (bicyclic) bond motifs is 1. The Morgan fingerprint density at radius 3 is 2.71 bits per heavy atom. The van der Waals surface area contributed by atoms with Crippen molar-refractivity contribution in [3.63, 3.8) is 0 Å². The molecule has 2 aromatic rings. The van der Waals surface area contributed by atoms with E-state index in [9.17, 15) is 4.79 Å². The van der Waals surface area contributed by atoms with Crippen molar-refractivity contribution in [2.24, 2.45) is 0 Å². The first-order chi connectivity index (χ1) is 10.2. The van der Waals surface area contributed by atoms with E-state index in [1.165, 1.54) is 16.0 Å². The van der Waals surface area contributed by atoms with E-state index in [0.717, 1.165) is 18.5 Å². The van der Waals surface area contributed by atoms with Crippen molar-refractivity contribution in [3.8, 4) is 0 Å². The van der Waals surface area contributed by atoms with Gasteiger partial charge in [-0.3, -0.25) is 4.79 Å². The molecule has 0 radical (unpaired) electrons. The average Bonchev–Trinajstić information content (AvgIpc) is 2.93. The summed E-state index contributed by atoms with van der Waals surface area (Å²) in [5, 5.41) is 3.04. The number of hydrogen-bond acceptors (Lipinski definition) is 3. The van der Waals surface area contributed by atoms with Crippen LogP contribution in [0.3, 0.4) is 0 Å². The zero-order chi connectivity index (χ0) is 14.7. The quantitative estimate of drug-likeness (QED) is 0.853. The van der Waals surface area contributed by atoms with Gasteiger partial charge in [0.05, 0.1) is 5.25 Å². The Hall–Kier alpha value is -1.94. The van der Waals surface area contributed by atoms with Gasteiger partial charge in [-0.15, -0.1) is 11.8 Å². The number of amides is 1. The highest BCUT2D eigenvalue weighted by Crippen LogP contribution is 2.36. The molecule has 0 spiro atoms. The Bertz CT molecular complexity index is 614. The second kappa shape index (κ2) is 6.22. The van der Waals surface area contributed by atoms with E-state index in [0.29, 0.717) is 6.54 Å². The molecular weight excluding hydrogens is 280 g/mol. The van der Waals surface area contributed by atoms with Gasteiger partial charge in [0, 0.05) is 17.1 Å². The van der Waals surface area contributed by atoms with Crippen LogP contribution in [-0.4, -0.2) is 17.7 Å². The van der Waals surface area contributed by atoms with Gasteiger partial charge in [-0.25, -0.2) is 0 Å². The van der Waals surface area contributed by atoms with Gasteiger partial charge in [-0.2, -0.15) is 0 Å². The Balaban J connectivity index is 1.48. The standard InChI is InChI=1S/C17H18N2OS/c18-14-7-5-12(6-8-14)9-10-19-17(20)16-11-13-3-1-2-4-15(13)21-16/h1-8,16H,9-11,18H2,(H,19,20). The zero-order valence-electron chi connectivity index (χ0n) is 11.7. The van der Waals surface area contributed by atoms with Crippen molar-refractivity contribution in [1.29, 1.82) is 0 Å². The minimum atomic E-state index is 0.00816. The van der Waals surface area contributed by atoms with Gasteiger partial charge in [0.1, 0.15) is 0 Å². The summed E-state index contributed by atoms with van der Waals surface area (Å²) in [4.78, 5) is 13.4. The van der Waals surface area contributed by atoms with Crippen LogP contribution in [0.4, 0.5) is 5.69 Å². The first-order valence-corrected chi connectivity index (χ1v) is 7.97. The van der Waals surface area contributed by atoms with E-state index in [-0.39, 0.29) is 11.2 Å². The van der Waals surface area contributed by atoms with Gasteiger partial charge >= 0.3 is 0 Å².